The summed E-state index contributed by atoms with van der Waals surface area (Å²) in [6.07, 6.45) is 9.57. The van der Waals surface area contributed by atoms with Crippen LogP contribution in [0.15, 0.2) is 37.1 Å². The van der Waals surface area contributed by atoms with E-state index in [0.717, 1.165) is 36.4 Å². The van der Waals surface area contributed by atoms with Crippen molar-refractivity contribution in [3.8, 4) is 0 Å². The number of nitrogens with one attached hydrogen (secondary N) is 1. The molecular formula is C17H19N5O. The number of aromatic nitrogens is 4. The van der Waals surface area contributed by atoms with E-state index in [9.17, 15) is 4.79 Å². The lowest BCUT2D eigenvalue weighted by Gasteiger charge is -2.23. The lowest BCUT2D eigenvalue weighted by atomic mass is 9.99. The topological polar surface area (TPSA) is 64.2 Å². The first-order valence-electron chi connectivity index (χ1n) is 7.94. The van der Waals surface area contributed by atoms with Crippen LogP contribution in [0.25, 0.3) is 5.52 Å². The molecule has 3 aromatic heterocycles. The van der Waals surface area contributed by atoms with Gasteiger partial charge in [-0.25, -0.2) is 9.97 Å². The predicted octanol–water partition coefficient (Wildman–Crippen LogP) is 2.15. The zero-order valence-electron chi connectivity index (χ0n) is 13.1. The van der Waals surface area contributed by atoms with Gasteiger partial charge in [0.05, 0.1) is 29.3 Å². The van der Waals surface area contributed by atoms with Crippen molar-refractivity contribution in [2.24, 2.45) is 0 Å². The van der Waals surface area contributed by atoms with Crippen LogP contribution < -0.4 is 5.32 Å². The molecule has 4 heterocycles. The van der Waals surface area contributed by atoms with Crippen LogP contribution in [-0.2, 0) is 6.54 Å². The van der Waals surface area contributed by atoms with Crippen LogP contribution in [0.1, 0.15) is 40.6 Å². The van der Waals surface area contributed by atoms with E-state index in [1.165, 1.54) is 0 Å². The maximum atomic E-state index is 12.4. The first-order valence-corrected chi connectivity index (χ1v) is 7.94. The van der Waals surface area contributed by atoms with E-state index >= 15 is 0 Å². The Hall–Kier alpha value is -2.63. The molecule has 1 aliphatic rings. The smallest absolute Gasteiger partial charge is 0.252 e. The average molecular weight is 309 g/mol. The van der Waals surface area contributed by atoms with E-state index in [-0.39, 0.29) is 5.91 Å². The van der Waals surface area contributed by atoms with Gasteiger partial charge in [0.2, 0.25) is 0 Å². The zero-order valence-corrected chi connectivity index (χ0v) is 13.1. The number of hydrogen-bond acceptors (Lipinski definition) is 3. The standard InChI is InChI=1S/C17H19N5O/c1-12-9-21-6-2-3-13(16(21)20-12)7-19-17(23)14-4-5-15-8-18-11-22(15)10-14/h4-5,8-11,13H,2-3,6-7H2,1H3,(H,19,23). The second-order valence-electron chi connectivity index (χ2n) is 6.13. The van der Waals surface area contributed by atoms with Gasteiger partial charge >= 0.3 is 0 Å². The summed E-state index contributed by atoms with van der Waals surface area (Å²) in [5.41, 5.74) is 2.67. The molecule has 0 bridgehead atoms. The number of carbonyl (C=O) groups excluding carboxylic acids is 1. The number of nitrogens with zero attached hydrogens (tertiary/aromatic N) is 4. The SMILES string of the molecule is Cc1cn2c(n1)C(CNC(=O)c1ccc3cncn3c1)CCC2. The summed E-state index contributed by atoms with van der Waals surface area (Å²) >= 11 is 0. The monoisotopic (exact) mass is 309 g/mol. The summed E-state index contributed by atoms with van der Waals surface area (Å²) in [5.74, 6) is 1.33. The van der Waals surface area contributed by atoms with Crippen molar-refractivity contribution in [2.45, 2.75) is 32.2 Å². The summed E-state index contributed by atoms with van der Waals surface area (Å²) in [6, 6.07) is 3.73. The molecule has 1 unspecified atom stereocenters. The van der Waals surface area contributed by atoms with Gasteiger partial charge in [-0.15, -0.1) is 0 Å². The molecule has 6 nitrogen and oxygen atoms in total. The van der Waals surface area contributed by atoms with Crippen molar-refractivity contribution in [3.05, 3.63) is 54.1 Å². The number of hydrogen-bond donors (Lipinski definition) is 1. The van der Waals surface area contributed by atoms with Crippen LogP contribution in [0.4, 0.5) is 0 Å². The summed E-state index contributed by atoms with van der Waals surface area (Å²) < 4.78 is 4.07. The third-order valence-electron chi connectivity index (χ3n) is 4.42. The lowest BCUT2D eigenvalue weighted by Crippen LogP contribution is -2.31. The maximum absolute atomic E-state index is 12.4. The molecule has 23 heavy (non-hydrogen) atoms. The largest absolute Gasteiger partial charge is 0.351 e. The molecule has 1 aliphatic heterocycles. The third-order valence-corrected chi connectivity index (χ3v) is 4.42. The Labute approximate surface area is 134 Å². The number of aryl methyl sites for hydroxylation is 2. The van der Waals surface area contributed by atoms with Crippen molar-refractivity contribution < 1.29 is 4.79 Å². The summed E-state index contributed by atoms with van der Waals surface area (Å²) in [5, 5.41) is 3.05. The molecule has 0 saturated heterocycles. The molecule has 0 fully saturated rings. The van der Waals surface area contributed by atoms with E-state index < -0.39 is 0 Å². The Bertz CT molecular complexity index is 863. The van der Waals surface area contributed by atoms with E-state index in [2.05, 4.69) is 26.0 Å². The van der Waals surface area contributed by atoms with Gasteiger partial charge in [0.1, 0.15) is 5.82 Å². The van der Waals surface area contributed by atoms with Crippen LogP contribution >= 0.6 is 0 Å². The van der Waals surface area contributed by atoms with Gasteiger partial charge in [-0.1, -0.05) is 0 Å². The van der Waals surface area contributed by atoms with Gasteiger partial charge in [0.25, 0.3) is 5.91 Å². The van der Waals surface area contributed by atoms with Crippen molar-refractivity contribution in [1.82, 2.24) is 24.3 Å². The van der Waals surface area contributed by atoms with E-state index in [1.54, 1.807) is 12.5 Å². The molecule has 1 amide bonds. The lowest BCUT2D eigenvalue weighted by molar-refractivity contribution is 0.0949. The first kappa shape index (κ1) is 14.0. The summed E-state index contributed by atoms with van der Waals surface area (Å²) in [6.45, 7) is 3.66. The van der Waals surface area contributed by atoms with Gasteiger partial charge in [-0.3, -0.25) is 4.79 Å². The van der Waals surface area contributed by atoms with E-state index in [1.807, 2.05) is 29.7 Å². The molecule has 0 radical (unpaired) electrons. The minimum Gasteiger partial charge on any atom is -0.351 e. The molecule has 0 spiro atoms. The molecule has 6 heteroatoms. The number of carbonyl (C=O) groups is 1. The fourth-order valence-corrected chi connectivity index (χ4v) is 3.27. The number of fused-ring (bicyclic) bond motifs is 2. The molecule has 0 aliphatic carbocycles. The van der Waals surface area contributed by atoms with Crippen molar-refractivity contribution in [3.63, 3.8) is 0 Å². The number of amides is 1. The zero-order chi connectivity index (χ0) is 15.8. The highest BCUT2D eigenvalue weighted by molar-refractivity contribution is 5.94. The van der Waals surface area contributed by atoms with Crippen LogP contribution in [-0.4, -0.2) is 31.4 Å². The van der Waals surface area contributed by atoms with E-state index in [0.29, 0.717) is 18.0 Å². The number of imidazole rings is 2. The fourth-order valence-electron chi connectivity index (χ4n) is 3.27. The van der Waals surface area contributed by atoms with Crippen LogP contribution in [0, 0.1) is 6.92 Å². The quantitative estimate of drug-likeness (QED) is 0.806. The summed E-state index contributed by atoms with van der Waals surface area (Å²) in [7, 11) is 0. The Balaban J connectivity index is 1.47. The minimum absolute atomic E-state index is 0.0546. The minimum atomic E-state index is -0.0546. The molecule has 118 valence electrons. The predicted molar refractivity (Wildman–Crippen MR) is 86.5 cm³/mol. The van der Waals surface area contributed by atoms with Crippen LogP contribution in [0.3, 0.4) is 0 Å². The molecule has 1 N–H and O–H groups in total. The Morgan fingerprint density at radius 2 is 2.30 bits per heavy atom. The number of pyridine rings is 1. The van der Waals surface area contributed by atoms with Crippen LogP contribution in [0.2, 0.25) is 0 Å². The third kappa shape index (κ3) is 2.60. The normalized spacial score (nSPS) is 17.2. The highest BCUT2D eigenvalue weighted by Gasteiger charge is 2.23. The van der Waals surface area contributed by atoms with Crippen molar-refractivity contribution in [2.75, 3.05) is 6.54 Å². The van der Waals surface area contributed by atoms with Gasteiger partial charge in [-0.05, 0) is 31.9 Å². The van der Waals surface area contributed by atoms with Gasteiger partial charge < -0.3 is 14.3 Å². The van der Waals surface area contributed by atoms with Crippen molar-refractivity contribution >= 4 is 11.4 Å². The maximum Gasteiger partial charge on any atom is 0.252 e. The van der Waals surface area contributed by atoms with Gasteiger partial charge in [0.15, 0.2) is 0 Å². The van der Waals surface area contributed by atoms with Crippen LogP contribution in [0.5, 0.6) is 0 Å². The highest BCUT2D eigenvalue weighted by Crippen LogP contribution is 2.26. The molecule has 3 aromatic rings. The summed E-state index contributed by atoms with van der Waals surface area (Å²) in [4.78, 5) is 21.1. The average Bonchev–Trinajstić information content (AvgIpc) is 3.16. The van der Waals surface area contributed by atoms with Crippen molar-refractivity contribution in [1.29, 1.82) is 0 Å². The molecule has 0 aromatic carbocycles. The van der Waals surface area contributed by atoms with Gasteiger partial charge in [0, 0.05) is 31.4 Å². The molecule has 1 atom stereocenters. The van der Waals surface area contributed by atoms with E-state index in [4.69, 9.17) is 0 Å². The van der Waals surface area contributed by atoms with Gasteiger partial charge in [-0.2, -0.15) is 0 Å². The Morgan fingerprint density at radius 3 is 3.22 bits per heavy atom. The second kappa shape index (κ2) is 5.53. The first-order chi connectivity index (χ1) is 11.2. The second-order valence-corrected chi connectivity index (χ2v) is 6.13. The Morgan fingerprint density at radius 1 is 1.39 bits per heavy atom. The number of rotatable bonds is 3. The Kier molecular flexibility index (Phi) is 3.37. The molecule has 0 saturated carbocycles. The molecule has 4 rings (SSSR count). The highest BCUT2D eigenvalue weighted by atomic mass is 16.1. The molecular weight excluding hydrogens is 290 g/mol. The fraction of sp³-hybridized carbons (Fsp3) is 0.353.